The topological polar surface area (TPSA) is 112 Å². The van der Waals surface area contributed by atoms with Crippen molar-refractivity contribution in [2.75, 3.05) is 6.61 Å². The Kier molecular flexibility index (Phi) is 8.23. The first-order chi connectivity index (χ1) is 17.0. The van der Waals surface area contributed by atoms with E-state index in [0.717, 1.165) is 5.56 Å². The zero-order chi connectivity index (χ0) is 24.6. The molecule has 35 heavy (non-hydrogen) atoms. The number of benzene rings is 3. The number of aliphatic hydroxyl groups is 2. The molecule has 2 N–H and O–H groups in total. The Morgan fingerprint density at radius 2 is 1.20 bits per heavy atom. The third-order valence-corrected chi connectivity index (χ3v) is 5.54. The lowest BCUT2D eigenvalue weighted by Crippen LogP contribution is -2.61. The van der Waals surface area contributed by atoms with E-state index in [1.807, 2.05) is 30.3 Å². The van der Waals surface area contributed by atoms with Crippen LogP contribution in [-0.4, -0.2) is 59.5 Å². The van der Waals surface area contributed by atoms with E-state index in [9.17, 15) is 19.8 Å². The average molecular weight is 478 g/mol. The molecule has 0 spiro atoms. The molecule has 0 amide bonds. The summed E-state index contributed by atoms with van der Waals surface area (Å²) in [4.78, 5) is 25.4. The lowest BCUT2D eigenvalue weighted by atomic mass is 9.98. The highest BCUT2D eigenvalue weighted by molar-refractivity contribution is 5.90. The van der Waals surface area contributed by atoms with Gasteiger partial charge in [0.25, 0.3) is 0 Å². The Bertz CT molecular complexity index is 1090. The van der Waals surface area contributed by atoms with Crippen molar-refractivity contribution in [2.24, 2.45) is 0 Å². The van der Waals surface area contributed by atoms with Crippen LogP contribution in [0.15, 0.2) is 91.0 Å². The molecule has 0 unspecified atom stereocenters. The first-order valence-corrected chi connectivity index (χ1v) is 11.2. The zero-order valence-electron chi connectivity index (χ0n) is 18.8. The molecule has 182 valence electrons. The Labute approximate surface area is 202 Å². The van der Waals surface area contributed by atoms with Gasteiger partial charge < -0.3 is 29.2 Å². The van der Waals surface area contributed by atoms with E-state index < -0.39 is 42.6 Å². The maximum Gasteiger partial charge on any atom is 0.338 e. The van der Waals surface area contributed by atoms with E-state index in [1.54, 1.807) is 60.7 Å². The summed E-state index contributed by atoms with van der Waals surface area (Å²) in [7, 11) is 0. The molecule has 8 heteroatoms. The molecule has 8 nitrogen and oxygen atoms in total. The summed E-state index contributed by atoms with van der Waals surface area (Å²) in [6, 6.07) is 25.7. The van der Waals surface area contributed by atoms with Crippen LogP contribution in [-0.2, 0) is 25.6 Å². The second-order valence-corrected chi connectivity index (χ2v) is 8.03. The predicted octanol–water partition coefficient (Wildman–Crippen LogP) is 2.73. The van der Waals surface area contributed by atoms with Crippen LogP contribution in [0.5, 0.6) is 0 Å². The highest BCUT2D eigenvalue weighted by Crippen LogP contribution is 2.27. The minimum Gasteiger partial charge on any atom is -0.452 e. The van der Waals surface area contributed by atoms with Crippen LogP contribution >= 0.6 is 0 Å². The van der Waals surface area contributed by atoms with E-state index in [0.29, 0.717) is 0 Å². The standard InChI is InChI=1S/C27H26O8/c28-22-21(17-32-16-18-10-4-1-5-11-18)33-27(31)24(35-26(30)20-14-8-3-9-15-20)23(22)34-25(29)19-12-6-2-7-13-19/h1-15,21-24,27-28,31H,16-17H2/t21-,22-,23+,24-,27+/m1/s1. The monoisotopic (exact) mass is 478 g/mol. The van der Waals surface area contributed by atoms with Crippen LogP contribution in [0.4, 0.5) is 0 Å². The molecular formula is C27H26O8. The molecule has 3 aromatic rings. The van der Waals surface area contributed by atoms with Crippen molar-refractivity contribution >= 4 is 11.9 Å². The van der Waals surface area contributed by atoms with Crippen molar-refractivity contribution in [3.63, 3.8) is 0 Å². The molecule has 0 bridgehead atoms. The van der Waals surface area contributed by atoms with E-state index >= 15 is 0 Å². The molecule has 0 aromatic heterocycles. The smallest absolute Gasteiger partial charge is 0.338 e. The van der Waals surface area contributed by atoms with Gasteiger partial charge in [0.1, 0.15) is 12.2 Å². The van der Waals surface area contributed by atoms with Crippen LogP contribution in [0.3, 0.4) is 0 Å². The van der Waals surface area contributed by atoms with Gasteiger partial charge >= 0.3 is 11.9 Å². The highest BCUT2D eigenvalue weighted by atomic mass is 16.7. The third-order valence-electron chi connectivity index (χ3n) is 5.54. The maximum absolute atomic E-state index is 12.7. The Hall–Kier alpha value is -3.56. The summed E-state index contributed by atoms with van der Waals surface area (Å²) >= 11 is 0. The lowest BCUT2D eigenvalue weighted by molar-refractivity contribution is -0.287. The Balaban J connectivity index is 1.49. The molecule has 1 aliphatic rings. The van der Waals surface area contributed by atoms with Gasteiger partial charge in [-0.3, -0.25) is 0 Å². The maximum atomic E-state index is 12.7. The average Bonchev–Trinajstić information content (AvgIpc) is 2.90. The van der Waals surface area contributed by atoms with Gasteiger partial charge in [-0.1, -0.05) is 66.7 Å². The van der Waals surface area contributed by atoms with Crippen molar-refractivity contribution in [3.8, 4) is 0 Å². The summed E-state index contributed by atoms with van der Waals surface area (Å²) < 4.78 is 22.2. The number of hydrogen-bond donors (Lipinski definition) is 2. The van der Waals surface area contributed by atoms with E-state index in [4.69, 9.17) is 18.9 Å². The van der Waals surface area contributed by atoms with E-state index in [-0.39, 0.29) is 24.3 Å². The minimum atomic E-state index is -1.66. The molecule has 0 aliphatic carbocycles. The first-order valence-electron chi connectivity index (χ1n) is 11.2. The Morgan fingerprint density at radius 1 is 0.714 bits per heavy atom. The summed E-state index contributed by atoms with van der Waals surface area (Å²) in [5.74, 6) is -1.50. The molecule has 3 aromatic carbocycles. The number of rotatable bonds is 8. The molecule has 4 rings (SSSR count). The fraction of sp³-hybridized carbons (Fsp3) is 0.259. The molecular weight excluding hydrogens is 452 g/mol. The lowest BCUT2D eigenvalue weighted by Gasteiger charge is -2.41. The quantitative estimate of drug-likeness (QED) is 0.476. The molecule has 1 fully saturated rings. The molecule has 5 atom stereocenters. The normalized spacial score (nSPS) is 23.9. The zero-order valence-corrected chi connectivity index (χ0v) is 18.8. The van der Waals surface area contributed by atoms with Crippen molar-refractivity contribution < 1.29 is 38.7 Å². The van der Waals surface area contributed by atoms with Gasteiger partial charge in [0.15, 0.2) is 18.5 Å². The number of esters is 2. The summed E-state index contributed by atoms with van der Waals surface area (Å²) in [6.07, 6.45) is -6.99. The van der Waals surface area contributed by atoms with E-state index in [2.05, 4.69) is 0 Å². The van der Waals surface area contributed by atoms with E-state index in [1.165, 1.54) is 0 Å². The fourth-order valence-corrected chi connectivity index (χ4v) is 3.70. The predicted molar refractivity (Wildman–Crippen MR) is 124 cm³/mol. The molecule has 1 heterocycles. The second kappa shape index (κ2) is 11.7. The Morgan fingerprint density at radius 3 is 1.74 bits per heavy atom. The number of aliphatic hydroxyl groups excluding tert-OH is 2. The summed E-state index contributed by atoms with van der Waals surface area (Å²) in [5.41, 5.74) is 1.39. The number of ether oxygens (including phenoxy) is 4. The van der Waals surface area contributed by atoms with Gasteiger partial charge in [-0.2, -0.15) is 0 Å². The molecule has 1 saturated heterocycles. The van der Waals surface area contributed by atoms with Crippen molar-refractivity contribution in [1.29, 1.82) is 0 Å². The van der Waals surface area contributed by atoms with Crippen LogP contribution in [0.1, 0.15) is 26.3 Å². The molecule has 0 radical (unpaired) electrons. The first kappa shape index (κ1) is 24.6. The van der Waals surface area contributed by atoms with Crippen LogP contribution < -0.4 is 0 Å². The SMILES string of the molecule is O=C(O[C@@H]1[C@@H](OC(=O)c2ccccc2)[C@H](O)[C@@H](COCc2ccccc2)O[C@@H]1O)c1ccccc1. The van der Waals surface area contributed by atoms with Gasteiger partial charge in [0.2, 0.25) is 0 Å². The van der Waals surface area contributed by atoms with Crippen LogP contribution in [0.25, 0.3) is 0 Å². The van der Waals surface area contributed by atoms with Gasteiger partial charge in [0.05, 0.1) is 24.3 Å². The van der Waals surface area contributed by atoms with Crippen molar-refractivity contribution in [1.82, 2.24) is 0 Å². The molecule has 1 aliphatic heterocycles. The summed E-state index contributed by atoms with van der Waals surface area (Å²) in [5, 5.41) is 21.7. The second-order valence-electron chi connectivity index (χ2n) is 8.03. The number of hydrogen-bond acceptors (Lipinski definition) is 8. The van der Waals surface area contributed by atoms with Crippen molar-refractivity contribution in [2.45, 2.75) is 37.3 Å². The number of carbonyl (C=O) groups is 2. The minimum absolute atomic E-state index is 0.0914. The fourth-order valence-electron chi connectivity index (χ4n) is 3.70. The highest BCUT2D eigenvalue weighted by Gasteiger charge is 2.49. The molecule has 0 saturated carbocycles. The van der Waals surface area contributed by atoms with Crippen LogP contribution in [0.2, 0.25) is 0 Å². The van der Waals surface area contributed by atoms with Gasteiger partial charge in [-0.25, -0.2) is 9.59 Å². The number of carbonyl (C=O) groups excluding carboxylic acids is 2. The largest absolute Gasteiger partial charge is 0.452 e. The van der Waals surface area contributed by atoms with Gasteiger partial charge in [0, 0.05) is 0 Å². The van der Waals surface area contributed by atoms with Gasteiger partial charge in [-0.05, 0) is 29.8 Å². The summed E-state index contributed by atoms with van der Waals surface area (Å²) in [6.45, 7) is 0.163. The third kappa shape index (κ3) is 6.32. The van der Waals surface area contributed by atoms with Crippen molar-refractivity contribution in [3.05, 3.63) is 108 Å². The van der Waals surface area contributed by atoms with Gasteiger partial charge in [-0.15, -0.1) is 0 Å². The van der Waals surface area contributed by atoms with Crippen LogP contribution in [0, 0.1) is 0 Å².